The highest BCUT2D eigenvalue weighted by molar-refractivity contribution is 5.82. The second kappa shape index (κ2) is 6.00. The highest BCUT2D eigenvalue weighted by Gasteiger charge is 2.24. The van der Waals surface area contributed by atoms with E-state index in [9.17, 15) is 14.9 Å². The minimum atomic E-state index is -0.397. The van der Waals surface area contributed by atoms with Gasteiger partial charge in [0.05, 0.1) is 17.0 Å². The molecule has 20 heavy (non-hydrogen) atoms. The van der Waals surface area contributed by atoms with Gasteiger partial charge in [-0.3, -0.25) is 14.9 Å². The highest BCUT2D eigenvalue weighted by atomic mass is 16.6. The fourth-order valence-corrected chi connectivity index (χ4v) is 2.40. The Kier molecular flexibility index (Phi) is 4.34. The minimum absolute atomic E-state index is 0.0433. The zero-order valence-corrected chi connectivity index (χ0v) is 11.7. The van der Waals surface area contributed by atoms with Crippen molar-refractivity contribution in [3.05, 3.63) is 39.4 Å². The first-order valence-corrected chi connectivity index (χ1v) is 6.77. The summed E-state index contributed by atoms with van der Waals surface area (Å²) in [4.78, 5) is 22.5. The van der Waals surface area contributed by atoms with Crippen LogP contribution < -0.4 is 10.6 Å². The van der Waals surface area contributed by atoms with Gasteiger partial charge in [-0.25, -0.2) is 0 Å². The van der Waals surface area contributed by atoms with E-state index in [0.717, 1.165) is 24.9 Å². The van der Waals surface area contributed by atoms with Gasteiger partial charge in [-0.1, -0.05) is 12.1 Å². The van der Waals surface area contributed by atoms with Crippen molar-refractivity contribution in [2.75, 3.05) is 6.54 Å². The summed E-state index contributed by atoms with van der Waals surface area (Å²) in [5.74, 6) is -0.0433. The number of nitro benzene ring substituents is 1. The number of hydrogen-bond donors (Lipinski definition) is 2. The van der Waals surface area contributed by atoms with Crippen molar-refractivity contribution in [2.45, 2.75) is 38.8 Å². The van der Waals surface area contributed by atoms with E-state index < -0.39 is 4.92 Å². The smallest absolute Gasteiger partial charge is 0.272 e. The van der Waals surface area contributed by atoms with Crippen molar-refractivity contribution < 1.29 is 9.72 Å². The molecule has 1 amide bonds. The lowest BCUT2D eigenvalue weighted by Crippen LogP contribution is -2.41. The maximum atomic E-state index is 12.0. The van der Waals surface area contributed by atoms with Crippen molar-refractivity contribution in [1.29, 1.82) is 0 Å². The molecule has 1 aromatic rings. The first-order chi connectivity index (χ1) is 9.49. The molecule has 0 aromatic heterocycles. The van der Waals surface area contributed by atoms with E-state index in [4.69, 9.17) is 0 Å². The third kappa shape index (κ3) is 3.14. The molecule has 108 valence electrons. The average molecular weight is 277 g/mol. The van der Waals surface area contributed by atoms with E-state index in [0.29, 0.717) is 5.56 Å². The first-order valence-electron chi connectivity index (χ1n) is 6.77. The Morgan fingerprint density at radius 1 is 1.55 bits per heavy atom. The first kappa shape index (κ1) is 14.5. The Morgan fingerprint density at radius 2 is 2.30 bits per heavy atom. The van der Waals surface area contributed by atoms with E-state index in [1.807, 2.05) is 13.0 Å². The van der Waals surface area contributed by atoms with Gasteiger partial charge < -0.3 is 10.6 Å². The van der Waals surface area contributed by atoms with Crippen molar-refractivity contribution in [3.8, 4) is 0 Å². The molecule has 2 N–H and O–H groups in total. The molecule has 1 aliphatic heterocycles. The molecule has 1 fully saturated rings. The van der Waals surface area contributed by atoms with Crippen LogP contribution in [0.15, 0.2) is 18.2 Å². The molecular weight excluding hydrogens is 258 g/mol. The van der Waals surface area contributed by atoms with E-state index in [-0.39, 0.29) is 23.7 Å². The Balaban J connectivity index is 2.08. The Labute approximate surface area is 117 Å². The molecule has 0 bridgehead atoms. The van der Waals surface area contributed by atoms with Gasteiger partial charge in [-0.2, -0.15) is 0 Å². The third-order valence-electron chi connectivity index (χ3n) is 3.67. The second-order valence-corrected chi connectivity index (χ2v) is 5.18. The lowest BCUT2D eigenvalue weighted by Gasteiger charge is -2.17. The number of amides is 1. The zero-order valence-electron chi connectivity index (χ0n) is 11.7. The summed E-state index contributed by atoms with van der Waals surface area (Å²) < 4.78 is 0. The topological polar surface area (TPSA) is 84.3 Å². The predicted octanol–water partition coefficient (Wildman–Crippen LogP) is 1.83. The SMILES string of the molecule is Cc1ccc([C@@H](C)NC(=O)[C@@H]2CCCN2)cc1[N+](=O)[O-]. The third-order valence-corrected chi connectivity index (χ3v) is 3.67. The summed E-state index contributed by atoms with van der Waals surface area (Å²) in [7, 11) is 0. The normalized spacial score (nSPS) is 19.6. The van der Waals surface area contributed by atoms with Crippen LogP contribution in [-0.2, 0) is 4.79 Å². The molecule has 1 aliphatic rings. The van der Waals surface area contributed by atoms with Crippen LogP contribution in [0.25, 0.3) is 0 Å². The number of carbonyl (C=O) groups is 1. The van der Waals surface area contributed by atoms with Gasteiger partial charge in [0, 0.05) is 11.6 Å². The van der Waals surface area contributed by atoms with E-state index in [1.54, 1.807) is 13.0 Å². The molecule has 6 heteroatoms. The molecule has 0 saturated carbocycles. The molecule has 1 aromatic carbocycles. The van der Waals surface area contributed by atoms with Crippen LogP contribution in [0.2, 0.25) is 0 Å². The van der Waals surface area contributed by atoms with Gasteiger partial charge in [0.2, 0.25) is 5.91 Å². The van der Waals surface area contributed by atoms with Crippen molar-refractivity contribution in [1.82, 2.24) is 10.6 Å². The van der Waals surface area contributed by atoms with Gasteiger partial charge in [-0.05, 0) is 38.8 Å². The molecule has 2 rings (SSSR count). The number of carbonyl (C=O) groups excluding carboxylic acids is 1. The molecule has 0 aliphatic carbocycles. The molecule has 1 heterocycles. The molecule has 0 radical (unpaired) electrons. The van der Waals surface area contributed by atoms with Crippen molar-refractivity contribution >= 4 is 11.6 Å². The number of benzene rings is 1. The monoisotopic (exact) mass is 277 g/mol. The molecular formula is C14H19N3O3. The summed E-state index contributed by atoms with van der Waals surface area (Å²) in [6.45, 7) is 4.40. The number of nitro groups is 1. The van der Waals surface area contributed by atoms with Gasteiger partial charge in [-0.15, -0.1) is 0 Å². The van der Waals surface area contributed by atoms with Crippen molar-refractivity contribution in [2.24, 2.45) is 0 Å². The van der Waals surface area contributed by atoms with E-state index >= 15 is 0 Å². The number of nitrogens with zero attached hydrogens (tertiary/aromatic N) is 1. The standard InChI is InChI=1S/C14H19N3O3/c1-9-5-6-11(8-13(9)17(19)20)10(2)16-14(18)12-4-3-7-15-12/h5-6,8,10,12,15H,3-4,7H2,1-2H3,(H,16,18)/t10-,12+/m1/s1. The lowest BCUT2D eigenvalue weighted by atomic mass is 10.0. The average Bonchev–Trinajstić information content (AvgIpc) is 2.92. The summed E-state index contributed by atoms with van der Waals surface area (Å²) in [5, 5.41) is 17.0. The van der Waals surface area contributed by atoms with Gasteiger partial charge >= 0.3 is 0 Å². The number of rotatable bonds is 4. The summed E-state index contributed by atoms with van der Waals surface area (Å²) >= 11 is 0. The molecule has 2 atom stereocenters. The molecule has 0 spiro atoms. The molecule has 6 nitrogen and oxygen atoms in total. The molecule has 1 saturated heterocycles. The predicted molar refractivity (Wildman–Crippen MR) is 75.4 cm³/mol. The van der Waals surface area contributed by atoms with Crippen LogP contribution in [0, 0.1) is 17.0 Å². The highest BCUT2D eigenvalue weighted by Crippen LogP contribution is 2.23. The van der Waals surface area contributed by atoms with Crippen LogP contribution in [-0.4, -0.2) is 23.4 Å². The van der Waals surface area contributed by atoms with Crippen molar-refractivity contribution in [3.63, 3.8) is 0 Å². The second-order valence-electron chi connectivity index (χ2n) is 5.18. The maximum Gasteiger partial charge on any atom is 0.272 e. The van der Waals surface area contributed by atoms with Gasteiger partial charge in [0.1, 0.15) is 0 Å². The van der Waals surface area contributed by atoms with Crippen LogP contribution in [0.5, 0.6) is 0 Å². The van der Waals surface area contributed by atoms with E-state index in [1.165, 1.54) is 6.07 Å². The zero-order chi connectivity index (χ0) is 14.7. The maximum absolute atomic E-state index is 12.0. The minimum Gasteiger partial charge on any atom is -0.348 e. The fraction of sp³-hybridized carbons (Fsp3) is 0.500. The largest absolute Gasteiger partial charge is 0.348 e. The summed E-state index contributed by atoms with van der Waals surface area (Å²) in [5.41, 5.74) is 1.45. The van der Waals surface area contributed by atoms with Crippen LogP contribution in [0.1, 0.15) is 36.9 Å². The Bertz CT molecular complexity index is 524. The van der Waals surface area contributed by atoms with Crippen LogP contribution in [0.4, 0.5) is 5.69 Å². The number of hydrogen-bond acceptors (Lipinski definition) is 4. The number of aryl methyl sites for hydroxylation is 1. The van der Waals surface area contributed by atoms with E-state index in [2.05, 4.69) is 10.6 Å². The Hall–Kier alpha value is -1.95. The lowest BCUT2D eigenvalue weighted by molar-refractivity contribution is -0.385. The quantitative estimate of drug-likeness (QED) is 0.649. The van der Waals surface area contributed by atoms with Gasteiger partial charge in [0.25, 0.3) is 5.69 Å². The summed E-state index contributed by atoms with van der Waals surface area (Å²) in [6.07, 6.45) is 1.84. The van der Waals surface area contributed by atoms with Gasteiger partial charge in [0.15, 0.2) is 0 Å². The molecule has 0 unspecified atom stereocenters. The number of nitrogens with one attached hydrogen (secondary N) is 2. The summed E-state index contributed by atoms with van der Waals surface area (Å²) in [6, 6.07) is 4.67. The van der Waals surface area contributed by atoms with Crippen LogP contribution in [0.3, 0.4) is 0 Å². The van der Waals surface area contributed by atoms with Crippen LogP contribution >= 0.6 is 0 Å². The fourth-order valence-electron chi connectivity index (χ4n) is 2.40. The Morgan fingerprint density at radius 3 is 2.90 bits per heavy atom.